The van der Waals surface area contributed by atoms with Gasteiger partial charge in [0.2, 0.25) is 0 Å². The molecule has 0 unspecified atom stereocenters. The maximum Gasteiger partial charge on any atom is 0.303 e. The first-order valence-electron chi connectivity index (χ1n) is 4.63. The van der Waals surface area contributed by atoms with Crippen molar-refractivity contribution in [3.8, 4) is 0 Å². The van der Waals surface area contributed by atoms with Crippen LogP contribution in [0.25, 0.3) is 0 Å². The fourth-order valence-electron chi connectivity index (χ4n) is 1.11. The first-order chi connectivity index (χ1) is 5.42. The monoisotopic (exact) mass is 338 g/mol. The molecule has 0 saturated carbocycles. The number of hydrogen-bond acceptors (Lipinski definition) is 1. The maximum atomic E-state index is 10.2. The van der Waals surface area contributed by atoms with Gasteiger partial charge in [-0.15, -0.1) is 0 Å². The van der Waals surface area contributed by atoms with Crippen molar-refractivity contribution >= 4 is 5.97 Å². The molecule has 0 atom stereocenters. The van der Waals surface area contributed by atoms with Crippen LogP contribution in [0.15, 0.2) is 0 Å². The largest absolute Gasteiger partial charge is 0.481 e. The molecule has 1 N–H and O–H groups in total. The van der Waals surface area contributed by atoms with Crippen molar-refractivity contribution in [2.45, 2.75) is 52.9 Å². The summed E-state index contributed by atoms with van der Waals surface area (Å²) < 4.78 is 0. The predicted molar refractivity (Wildman–Crippen MR) is 50.2 cm³/mol. The zero-order valence-electron chi connectivity index (χ0n) is 8.68. The van der Waals surface area contributed by atoms with Gasteiger partial charge in [0.1, 0.15) is 0 Å². The van der Waals surface area contributed by atoms with Crippen LogP contribution in [-0.4, -0.2) is 11.1 Å². The first-order valence-corrected chi connectivity index (χ1v) is 4.63. The molecule has 13 heavy (non-hydrogen) atoms. The van der Waals surface area contributed by atoms with E-state index in [0.717, 1.165) is 19.3 Å². The molecule has 0 radical (unpaired) electrons. The predicted octanol–water partition coefficient (Wildman–Crippen LogP) is 3.07. The third kappa shape index (κ3) is 15.5. The van der Waals surface area contributed by atoms with Crippen LogP contribution in [0.3, 0.4) is 0 Å². The Kier molecular flexibility index (Phi) is 10.0. The van der Waals surface area contributed by atoms with Crippen molar-refractivity contribution < 1.29 is 47.2 Å². The maximum absolute atomic E-state index is 10.2. The Morgan fingerprint density at radius 3 is 2.08 bits per heavy atom. The van der Waals surface area contributed by atoms with Gasteiger partial charge in [-0.05, 0) is 18.3 Å². The average Bonchev–Trinajstić information content (AvgIpc) is 1.83. The zero-order chi connectivity index (χ0) is 9.61. The van der Waals surface area contributed by atoms with Gasteiger partial charge in [0.15, 0.2) is 0 Å². The molecule has 0 bridgehead atoms. The second kappa shape index (κ2) is 8.06. The number of carboxylic acid groups (broad SMARTS) is 1. The minimum Gasteiger partial charge on any atom is -0.481 e. The van der Waals surface area contributed by atoms with Crippen molar-refractivity contribution in [3.05, 3.63) is 0 Å². The average molecular weight is 340 g/mol. The Bertz CT molecular complexity index is 138. The fraction of sp³-hybridized carbons (Fsp3) is 0.900. The molecule has 0 aliphatic rings. The number of rotatable bonds is 5. The van der Waals surface area contributed by atoms with Crippen LogP contribution in [0.5, 0.6) is 0 Å². The van der Waals surface area contributed by atoms with E-state index in [0.29, 0.717) is 11.8 Å². The van der Waals surface area contributed by atoms with Crippen LogP contribution in [0.2, 0.25) is 0 Å². The van der Waals surface area contributed by atoms with Crippen LogP contribution in [0, 0.1) is 42.7 Å². The molecule has 0 rings (SSSR count). The number of carboxylic acids is 1. The number of carbonyl (C=O) groups is 1. The van der Waals surface area contributed by atoms with E-state index in [4.69, 9.17) is 5.11 Å². The standard InChI is InChI=1S/C10H20O2.Er/c1-10(2,3)8-6-4-5-7-9(11)12;/h4-8H2,1-3H3,(H,11,12);. The molecule has 0 aromatic heterocycles. The molecule has 0 aromatic rings. The number of unbranched alkanes of at least 4 members (excludes halogenated alkanes) is 2. The molecule has 0 spiro atoms. The molecular weight excluding hydrogens is 319 g/mol. The third-order valence-electron chi connectivity index (χ3n) is 1.82. The van der Waals surface area contributed by atoms with Gasteiger partial charge >= 0.3 is 5.97 Å². The van der Waals surface area contributed by atoms with Crippen molar-refractivity contribution in [1.29, 1.82) is 0 Å². The molecule has 0 amide bonds. The van der Waals surface area contributed by atoms with Crippen LogP contribution in [0.1, 0.15) is 52.9 Å². The van der Waals surface area contributed by atoms with Crippen LogP contribution >= 0.6 is 0 Å². The van der Waals surface area contributed by atoms with Crippen molar-refractivity contribution in [2.75, 3.05) is 0 Å². The molecule has 0 fully saturated rings. The molecule has 0 aromatic carbocycles. The summed E-state index contributed by atoms with van der Waals surface area (Å²) in [5, 5.41) is 8.37. The van der Waals surface area contributed by atoms with Gasteiger partial charge < -0.3 is 5.11 Å². The number of hydrogen-bond donors (Lipinski definition) is 1. The Balaban J connectivity index is 0. The van der Waals surface area contributed by atoms with E-state index >= 15 is 0 Å². The van der Waals surface area contributed by atoms with Crippen LogP contribution < -0.4 is 0 Å². The van der Waals surface area contributed by atoms with E-state index in [1.807, 2.05) is 0 Å². The quantitative estimate of drug-likeness (QED) is 0.782. The SMILES string of the molecule is CC(C)(C)CCCCCC(=O)O.[Er]. The van der Waals surface area contributed by atoms with Gasteiger partial charge in [-0.2, -0.15) is 0 Å². The van der Waals surface area contributed by atoms with Crippen LogP contribution in [-0.2, 0) is 4.79 Å². The minimum absolute atomic E-state index is 0. The van der Waals surface area contributed by atoms with E-state index in [9.17, 15) is 4.79 Å². The fourth-order valence-corrected chi connectivity index (χ4v) is 1.11. The zero-order valence-corrected chi connectivity index (χ0v) is 10.5. The van der Waals surface area contributed by atoms with E-state index in [1.54, 1.807) is 0 Å². The topological polar surface area (TPSA) is 37.3 Å². The summed E-state index contributed by atoms with van der Waals surface area (Å²) in [5.74, 6) is -0.675. The Morgan fingerprint density at radius 2 is 1.69 bits per heavy atom. The summed E-state index contributed by atoms with van der Waals surface area (Å²) >= 11 is 0. The Labute approximate surface area is 111 Å². The molecule has 0 aliphatic heterocycles. The first kappa shape index (κ1) is 16.2. The Hall–Kier alpha value is 0.717. The van der Waals surface area contributed by atoms with Gasteiger partial charge in [0.05, 0.1) is 0 Å². The van der Waals surface area contributed by atoms with Gasteiger partial charge in [-0.1, -0.05) is 33.6 Å². The normalized spacial score (nSPS) is 10.7. The summed E-state index contributed by atoms with van der Waals surface area (Å²) in [4.78, 5) is 10.2. The third-order valence-corrected chi connectivity index (χ3v) is 1.82. The van der Waals surface area contributed by atoms with E-state index in [-0.39, 0.29) is 37.3 Å². The second-order valence-corrected chi connectivity index (χ2v) is 4.52. The van der Waals surface area contributed by atoms with Gasteiger partial charge in [0.25, 0.3) is 0 Å². The molecule has 0 heterocycles. The molecule has 3 heteroatoms. The van der Waals surface area contributed by atoms with E-state index in [2.05, 4.69) is 20.8 Å². The van der Waals surface area contributed by atoms with Crippen molar-refractivity contribution in [1.82, 2.24) is 0 Å². The van der Waals surface area contributed by atoms with E-state index in [1.165, 1.54) is 6.42 Å². The van der Waals surface area contributed by atoms with E-state index < -0.39 is 5.97 Å². The van der Waals surface area contributed by atoms with Gasteiger partial charge in [-0.25, -0.2) is 0 Å². The second-order valence-electron chi connectivity index (χ2n) is 4.52. The summed E-state index contributed by atoms with van der Waals surface area (Å²) in [5.41, 5.74) is 0.392. The smallest absolute Gasteiger partial charge is 0.303 e. The van der Waals surface area contributed by atoms with Gasteiger partial charge in [-0.3, -0.25) is 4.79 Å². The number of aliphatic carboxylic acids is 1. The molecular formula is C10H20ErO2. The minimum atomic E-state index is -0.675. The van der Waals surface area contributed by atoms with Crippen molar-refractivity contribution in [3.63, 3.8) is 0 Å². The molecule has 0 aliphatic carbocycles. The summed E-state index contributed by atoms with van der Waals surface area (Å²) in [6, 6.07) is 0. The Morgan fingerprint density at radius 1 is 1.15 bits per heavy atom. The summed E-state index contributed by atoms with van der Waals surface area (Å²) in [6.45, 7) is 6.64. The van der Waals surface area contributed by atoms with Crippen LogP contribution in [0.4, 0.5) is 0 Å². The molecule has 2 nitrogen and oxygen atoms in total. The summed E-state index contributed by atoms with van der Waals surface area (Å²) in [6.07, 6.45) is 4.53. The molecule has 84 valence electrons. The summed E-state index contributed by atoms with van der Waals surface area (Å²) in [7, 11) is 0. The van der Waals surface area contributed by atoms with Gasteiger partial charge in [0, 0.05) is 43.7 Å². The molecule has 0 saturated heterocycles. The van der Waals surface area contributed by atoms with Crippen molar-refractivity contribution in [2.24, 2.45) is 5.41 Å².